The quantitative estimate of drug-likeness (QED) is 0.641. The van der Waals surface area contributed by atoms with Crippen LogP contribution in [0.15, 0.2) is 48.5 Å². The molecule has 1 aliphatic heterocycles. The fourth-order valence-electron chi connectivity index (χ4n) is 3.61. The minimum atomic E-state index is -1.17. The van der Waals surface area contributed by atoms with Crippen molar-refractivity contribution >= 4 is 17.9 Å². The van der Waals surface area contributed by atoms with Gasteiger partial charge >= 0.3 is 6.09 Å². The van der Waals surface area contributed by atoms with Gasteiger partial charge in [-0.05, 0) is 35.4 Å². The Morgan fingerprint density at radius 2 is 1.45 bits per heavy atom. The largest absolute Gasteiger partial charge is 0.465 e. The van der Waals surface area contributed by atoms with E-state index >= 15 is 0 Å². The number of carboxylic acid groups (broad SMARTS) is 1. The molecule has 1 heterocycles. The lowest BCUT2D eigenvalue weighted by molar-refractivity contribution is -0.133. The van der Waals surface area contributed by atoms with Crippen LogP contribution in [0.3, 0.4) is 0 Å². The predicted octanol–water partition coefficient (Wildman–Crippen LogP) is 1.89. The number of halogens is 2. The molecule has 1 fully saturated rings. The molecule has 8 nitrogen and oxygen atoms in total. The normalized spacial score (nSPS) is 16.8. The summed E-state index contributed by atoms with van der Waals surface area (Å²) >= 11 is 0. The maximum Gasteiger partial charge on any atom is 0.407 e. The first-order chi connectivity index (χ1) is 14.8. The van der Waals surface area contributed by atoms with Gasteiger partial charge in [-0.25, -0.2) is 13.6 Å². The molecule has 3 rings (SSSR count). The van der Waals surface area contributed by atoms with E-state index in [-0.39, 0.29) is 19.6 Å². The number of hydrogen-bond acceptors (Lipinski definition) is 4. The van der Waals surface area contributed by atoms with Gasteiger partial charge in [-0.15, -0.1) is 0 Å². The van der Waals surface area contributed by atoms with Gasteiger partial charge < -0.3 is 10.0 Å². The Labute approximate surface area is 177 Å². The van der Waals surface area contributed by atoms with Crippen LogP contribution in [0.2, 0.25) is 0 Å². The zero-order valence-corrected chi connectivity index (χ0v) is 16.7. The van der Waals surface area contributed by atoms with Crippen molar-refractivity contribution in [3.63, 3.8) is 0 Å². The number of hydrazine groups is 1. The third-order valence-corrected chi connectivity index (χ3v) is 5.06. The number of amides is 3. The predicted molar refractivity (Wildman–Crippen MR) is 107 cm³/mol. The third-order valence-electron chi connectivity index (χ3n) is 5.06. The summed E-state index contributed by atoms with van der Waals surface area (Å²) in [6.07, 6.45) is -1.17. The molecule has 0 aliphatic carbocycles. The van der Waals surface area contributed by atoms with Gasteiger partial charge in [-0.2, -0.15) is 0 Å². The number of nitrogens with zero attached hydrogens (tertiary/aromatic N) is 2. The van der Waals surface area contributed by atoms with Crippen molar-refractivity contribution in [2.45, 2.75) is 19.0 Å². The second kappa shape index (κ2) is 9.52. The second-order valence-electron chi connectivity index (χ2n) is 7.16. The van der Waals surface area contributed by atoms with Crippen molar-refractivity contribution in [1.29, 1.82) is 0 Å². The molecule has 1 aliphatic rings. The standard InChI is InChI=1S/C21H22F2N4O4/c1-13(28)24-25-20(29)18-12-26(21(30)31)10-11-27(18)19(14-2-6-16(22)7-3-14)15-4-8-17(23)9-5-15/h2-9,18-19H,10-12H2,1H3,(H,24,28)(H,25,29)(H,30,31). The molecule has 164 valence electrons. The van der Waals surface area contributed by atoms with E-state index in [2.05, 4.69) is 10.9 Å². The van der Waals surface area contributed by atoms with Gasteiger partial charge in [0.25, 0.3) is 5.91 Å². The summed E-state index contributed by atoms with van der Waals surface area (Å²) in [5.74, 6) is -1.95. The summed E-state index contributed by atoms with van der Waals surface area (Å²) in [6, 6.07) is 9.85. The summed E-state index contributed by atoms with van der Waals surface area (Å²) in [5, 5.41) is 9.40. The summed E-state index contributed by atoms with van der Waals surface area (Å²) < 4.78 is 27.1. The van der Waals surface area contributed by atoms with Crippen LogP contribution < -0.4 is 10.9 Å². The average Bonchev–Trinajstić information content (AvgIpc) is 2.75. The Kier molecular flexibility index (Phi) is 6.81. The number of rotatable bonds is 4. The van der Waals surface area contributed by atoms with Crippen LogP contribution in [0.5, 0.6) is 0 Å². The van der Waals surface area contributed by atoms with Gasteiger partial charge in [0.15, 0.2) is 0 Å². The van der Waals surface area contributed by atoms with Crippen LogP contribution in [-0.2, 0) is 9.59 Å². The molecule has 0 saturated carbocycles. The number of nitrogens with one attached hydrogen (secondary N) is 2. The highest BCUT2D eigenvalue weighted by Crippen LogP contribution is 2.32. The van der Waals surface area contributed by atoms with Gasteiger partial charge in [0.2, 0.25) is 5.91 Å². The minimum absolute atomic E-state index is 0.137. The Morgan fingerprint density at radius 3 is 1.90 bits per heavy atom. The summed E-state index contributed by atoms with van der Waals surface area (Å²) in [4.78, 5) is 38.4. The first kappa shape index (κ1) is 22.2. The van der Waals surface area contributed by atoms with Crippen LogP contribution in [-0.4, -0.2) is 58.5 Å². The SMILES string of the molecule is CC(=O)NNC(=O)C1CN(C(=O)O)CCN1C(c1ccc(F)cc1)c1ccc(F)cc1. The number of hydrogen-bond donors (Lipinski definition) is 3. The first-order valence-corrected chi connectivity index (χ1v) is 9.57. The Balaban J connectivity index is 2.01. The zero-order chi connectivity index (χ0) is 22.5. The molecule has 3 N–H and O–H groups in total. The molecule has 31 heavy (non-hydrogen) atoms. The Bertz CT molecular complexity index is 907. The summed E-state index contributed by atoms with van der Waals surface area (Å²) in [7, 11) is 0. The monoisotopic (exact) mass is 432 g/mol. The minimum Gasteiger partial charge on any atom is -0.465 e. The van der Waals surface area contributed by atoms with Crippen LogP contribution >= 0.6 is 0 Å². The van der Waals surface area contributed by atoms with E-state index in [4.69, 9.17) is 0 Å². The maximum atomic E-state index is 13.5. The van der Waals surface area contributed by atoms with E-state index in [1.165, 1.54) is 31.2 Å². The van der Waals surface area contributed by atoms with E-state index < -0.39 is 41.6 Å². The molecule has 0 radical (unpaired) electrons. The second-order valence-corrected chi connectivity index (χ2v) is 7.16. The fourth-order valence-corrected chi connectivity index (χ4v) is 3.61. The highest BCUT2D eigenvalue weighted by atomic mass is 19.1. The molecule has 2 aromatic rings. The van der Waals surface area contributed by atoms with E-state index in [0.717, 1.165) is 4.90 Å². The van der Waals surface area contributed by atoms with Crippen molar-refractivity contribution in [2.24, 2.45) is 0 Å². The first-order valence-electron chi connectivity index (χ1n) is 9.57. The van der Waals surface area contributed by atoms with E-state index in [0.29, 0.717) is 11.1 Å². The van der Waals surface area contributed by atoms with Crippen LogP contribution in [0.1, 0.15) is 24.1 Å². The van der Waals surface area contributed by atoms with Crippen molar-refractivity contribution in [2.75, 3.05) is 19.6 Å². The smallest absolute Gasteiger partial charge is 0.407 e. The Hall–Kier alpha value is -3.53. The van der Waals surface area contributed by atoms with Crippen molar-refractivity contribution < 1.29 is 28.3 Å². The van der Waals surface area contributed by atoms with Gasteiger partial charge in [0, 0.05) is 26.6 Å². The van der Waals surface area contributed by atoms with E-state index in [1.54, 1.807) is 29.2 Å². The maximum absolute atomic E-state index is 13.5. The summed E-state index contributed by atoms with van der Waals surface area (Å²) in [6.45, 7) is 1.41. The van der Waals surface area contributed by atoms with Crippen molar-refractivity contribution in [3.8, 4) is 0 Å². The molecule has 1 saturated heterocycles. The van der Waals surface area contributed by atoms with Crippen LogP contribution in [0.25, 0.3) is 0 Å². The molecular formula is C21H22F2N4O4. The lowest BCUT2D eigenvalue weighted by Gasteiger charge is -2.43. The molecule has 3 amide bonds. The van der Waals surface area contributed by atoms with Crippen molar-refractivity contribution in [3.05, 3.63) is 71.3 Å². The lowest BCUT2D eigenvalue weighted by Crippen LogP contribution is -2.62. The average molecular weight is 432 g/mol. The summed E-state index contributed by atoms with van der Waals surface area (Å²) in [5.41, 5.74) is 5.80. The topological polar surface area (TPSA) is 102 Å². The van der Waals surface area contributed by atoms with E-state index in [1.807, 2.05) is 0 Å². The molecule has 1 unspecified atom stereocenters. The number of carbonyl (C=O) groups is 3. The number of carbonyl (C=O) groups excluding carboxylic acids is 2. The molecular weight excluding hydrogens is 410 g/mol. The molecule has 0 bridgehead atoms. The number of piperazine rings is 1. The van der Waals surface area contributed by atoms with Gasteiger partial charge in [0.05, 0.1) is 6.04 Å². The highest BCUT2D eigenvalue weighted by Gasteiger charge is 2.39. The van der Waals surface area contributed by atoms with Crippen molar-refractivity contribution in [1.82, 2.24) is 20.7 Å². The lowest BCUT2D eigenvalue weighted by atomic mass is 9.94. The molecule has 10 heteroatoms. The van der Waals surface area contributed by atoms with Gasteiger partial charge in [-0.3, -0.25) is 25.3 Å². The third kappa shape index (κ3) is 5.34. The Morgan fingerprint density at radius 1 is 0.935 bits per heavy atom. The van der Waals surface area contributed by atoms with Crippen LogP contribution in [0, 0.1) is 11.6 Å². The zero-order valence-electron chi connectivity index (χ0n) is 16.7. The molecule has 0 aromatic heterocycles. The molecule has 2 aromatic carbocycles. The van der Waals surface area contributed by atoms with Crippen LogP contribution in [0.4, 0.5) is 13.6 Å². The van der Waals surface area contributed by atoms with E-state index in [9.17, 15) is 28.3 Å². The molecule has 1 atom stereocenters. The van der Waals surface area contributed by atoms with Gasteiger partial charge in [-0.1, -0.05) is 24.3 Å². The fraction of sp³-hybridized carbons (Fsp3) is 0.286. The molecule has 0 spiro atoms. The highest BCUT2D eigenvalue weighted by molar-refractivity contribution is 5.85. The van der Waals surface area contributed by atoms with Gasteiger partial charge in [0.1, 0.15) is 17.7 Å². The number of benzene rings is 2.